The molecule has 0 saturated heterocycles. The van der Waals surface area contributed by atoms with Crippen molar-refractivity contribution in [3.05, 3.63) is 65.9 Å². The van der Waals surface area contributed by atoms with Crippen LogP contribution in [0.25, 0.3) is 10.9 Å². The molecular formula is C20H23N3O3S. The molecule has 6 nitrogen and oxygen atoms in total. The first-order valence-corrected chi connectivity index (χ1v) is 10.5. The lowest BCUT2D eigenvalue weighted by Gasteiger charge is -2.19. The number of anilines is 1. The molecule has 27 heavy (non-hydrogen) atoms. The zero-order chi connectivity index (χ0) is 19.4. The van der Waals surface area contributed by atoms with E-state index in [-0.39, 0.29) is 17.4 Å². The molecule has 1 amide bonds. The molecule has 1 heterocycles. The highest BCUT2D eigenvalue weighted by molar-refractivity contribution is 7.92. The van der Waals surface area contributed by atoms with Crippen LogP contribution in [0.3, 0.4) is 0 Å². The number of fused-ring (bicyclic) bond motifs is 1. The van der Waals surface area contributed by atoms with Gasteiger partial charge in [0.1, 0.15) is 5.69 Å². The average Bonchev–Trinajstić information content (AvgIpc) is 3.01. The van der Waals surface area contributed by atoms with E-state index < -0.39 is 10.0 Å². The number of aromatic nitrogens is 1. The summed E-state index contributed by atoms with van der Waals surface area (Å²) in [5.41, 5.74) is 1.96. The maximum absolute atomic E-state index is 12.9. The largest absolute Gasteiger partial charge is 0.349 e. The molecule has 3 rings (SSSR count). The fourth-order valence-electron chi connectivity index (χ4n) is 3.06. The Hall–Kier alpha value is -2.80. The Labute approximate surface area is 159 Å². The number of carbonyl (C=O) groups excluding carboxylic acids is 1. The number of H-pyrrole nitrogens is 1. The molecular weight excluding hydrogens is 362 g/mol. The third kappa shape index (κ3) is 4.14. The number of benzene rings is 2. The lowest BCUT2D eigenvalue weighted by Crippen LogP contribution is -2.31. The lowest BCUT2D eigenvalue weighted by atomic mass is 10.2. The Bertz CT molecular complexity index is 1040. The third-order valence-corrected chi connectivity index (χ3v) is 5.66. The molecule has 2 aromatic carbocycles. The summed E-state index contributed by atoms with van der Waals surface area (Å²) in [5.74, 6) is -0.389. The zero-order valence-corrected chi connectivity index (χ0v) is 16.2. The van der Waals surface area contributed by atoms with Crippen LogP contribution in [-0.2, 0) is 15.8 Å². The third-order valence-electron chi connectivity index (χ3n) is 4.43. The van der Waals surface area contributed by atoms with Crippen LogP contribution in [0.15, 0.2) is 54.6 Å². The van der Waals surface area contributed by atoms with Gasteiger partial charge in [-0.1, -0.05) is 48.5 Å². The van der Waals surface area contributed by atoms with E-state index in [0.717, 1.165) is 0 Å². The van der Waals surface area contributed by atoms with E-state index in [1.54, 1.807) is 35.2 Å². The van der Waals surface area contributed by atoms with Crippen LogP contribution in [0.4, 0.5) is 5.69 Å². The number of rotatable bonds is 7. The van der Waals surface area contributed by atoms with E-state index >= 15 is 0 Å². The van der Waals surface area contributed by atoms with Gasteiger partial charge < -0.3 is 9.88 Å². The number of aromatic amines is 1. The number of amides is 1. The van der Waals surface area contributed by atoms with Crippen LogP contribution < -0.4 is 4.72 Å². The summed E-state index contributed by atoms with van der Waals surface area (Å²) in [6.07, 6.45) is 0. The first-order chi connectivity index (χ1) is 12.9. The summed E-state index contributed by atoms with van der Waals surface area (Å²) in [6, 6.07) is 16.2. The van der Waals surface area contributed by atoms with Gasteiger partial charge in [-0.05, 0) is 25.5 Å². The number of nitrogens with one attached hydrogen (secondary N) is 2. The Kier molecular flexibility index (Phi) is 5.51. The minimum atomic E-state index is -3.68. The van der Waals surface area contributed by atoms with Gasteiger partial charge in [-0.3, -0.25) is 9.52 Å². The van der Waals surface area contributed by atoms with E-state index in [9.17, 15) is 13.2 Å². The fourth-order valence-corrected chi connectivity index (χ4v) is 4.29. The molecule has 0 atom stereocenters. The van der Waals surface area contributed by atoms with Gasteiger partial charge in [-0.25, -0.2) is 8.42 Å². The molecule has 0 radical (unpaired) electrons. The number of sulfonamides is 1. The van der Waals surface area contributed by atoms with Crippen molar-refractivity contribution >= 4 is 32.5 Å². The van der Waals surface area contributed by atoms with Crippen molar-refractivity contribution in [1.82, 2.24) is 9.88 Å². The summed E-state index contributed by atoms with van der Waals surface area (Å²) in [4.78, 5) is 17.6. The Morgan fingerprint density at radius 1 is 1.00 bits per heavy atom. The second kappa shape index (κ2) is 7.84. The van der Waals surface area contributed by atoms with E-state index in [0.29, 0.717) is 35.2 Å². The maximum Gasteiger partial charge on any atom is 0.272 e. The number of nitrogens with zero attached hydrogens (tertiary/aromatic N) is 1. The quantitative estimate of drug-likeness (QED) is 0.652. The topological polar surface area (TPSA) is 82.3 Å². The molecule has 3 aromatic rings. The molecule has 0 aliphatic heterocycles. The molecule has 7 heteroatoms. The zero-order valence-electron chi connectivity index (χ0n) is 15.4. The molecule has 0 bridgehead atoms. The minimum absolute atomic E-state index is 0.160. The fraction of sp³-hybridized carbons (Fsp3) is 0.250. The number of hydrogen-bond acceptors (Lipinski definition) is 3. The first kappa shape index (κ1) is 19.0. The maximum atomic E-state index is 12.9. The van der Waals surface area contributed by atoms with E-state index in [1.165, 1.54) is 0 Å². The van der Waals surface area contributed by atoms with Gasteiger partial charge in [0, 0.05) is 24.0 Å². The molecule has 0 aliphatic carbocycles. The highest BCUT2D eigenvalue weighted by atomic mass is 32.2. The predicted molar refractivity (Wildman–Crippen MR) is 108 cm³/mol. The highest BCUT2D eigenvalue weighted by Gasteiger charge is 2.24. The van der Waals surface area contributed by atoms with Gasteiger partial charge in [-0.15, -0.1) is 0 Å². The van der Waals surface area contributed by atoms with E-state index in [2.05, 4.69) is 9.71 Å². The Balaban J connectivity index is 2.02. The number of carbonyl (C=O) groups is 1. The van der Waals surface area contributed by atoms with Crippen molar-refractivity contribution < 1.29 is 13.2 Å². The summed E-state index contributed by atoms with van der Waals surface area (Å²) >= 11 is 0. The van der Waals surface area contributed by atoms with Gasteiger partial charge in [0.05, 0.1) is 11.4 Å². The van der Waals surface area contributed by atoms with Crippen LogP contribution in [0.1, 0.15) is 29.9 Å². The standard InChI is InChI=1S/C20H23N3O3S/c1-3-23(4-2)20(24)19-18(16-12-8-9-13-17(16)21-19)22-27(25,26)14-15-10-6-5-7-11-15/h5-13,21-22H,3-4,14H2,1-2H3. The predicted octanol–water partition coefficient (Wildman–Crippen LogP) is 3.59. The lowest BCUT2D eigenvalue weighted by molar-refractivity contribution is 0.0769. The van der Waals surface area contributed by atoms with Crippen LogP contribution in [-0.4, -0.2) is 37.3 Å². The van der Waals surface area contributed by atoms with E-state index in [4.69, 9.17) is 0 Å². The summed E-state index contributed by atoms with van der Waals surface area (Å²) in [7, 11) is -3.68. The van der Waals surface area contributed by atoms with Crippen molar-refractivity contribution in [2.24, 2.45) is 0 Å². The van der Waals surface area contributed by atoms with Gasteiger partial charge in [0.2, 0.25) is 10.0 Å². The van der Waals surface area contributed by atoms with Gasteiger partial charge in [-0.2, -0.15) is 0 Å². The minimum Gasteiger partial charge on any atom is -0.349 e. The second-order valence-electron chi connectivity index (χ2n) is 6.24. The van der Waals surface area contributed by atoms with Crippen LogP contribution >= 0.6 is 0 Å². The van der Waals surface area contributed by atoms with Crippen LogP contribution in [0.5, 0.6) is 0 Å². The monoisotopic (exact) mass is 385 g/mol. The Morgan fingerprint density at radius 2 is 1.63 bits per heavy atom. The smallest absolute Gasteiger partial charge is 0.272 e. The first-order valence-electron chi connectivity index (χ1n) is 8.89. The van der Waals surface area contributed by atoms with Crippen molar-refractivity contribution in [2.45, 2.75) is 19.6 Å². The number of hydrogen-bond donors (Lipinski definition) is 2. The second-order valence-corrected chi connectivity index (χ2v) is 7.97. The van der Waals surface area contributed by atoms with Gasteiger partial charge >= 0.3 is 0 Å². The summed E-state index contributed by atoms with van der Waals surface area (Å²) in [5, 5.41) is 0.671. The van der Waals surface area contributed by atoms with Crippen LogP contribution in [0, 0.1) is 0 Å². The average molecular weight is 385 g/mol. The van der Waals surface area contributed by atoms with Crippen molar-refractivity contribution in [3.63, 3.8) is 0 Å². The van der Waals surface area contributed by atoms with Crippen molar-refractivity contribution in [2.75, 3.05) is 17.8 Å². The molecule has 142 valence electrons. The molecule has 0 unspecified atom stereocenters. The summed E-state index contributed by atoms with van der Waals surface area (Å²) in [6.45, 7) is 4.87. The molecule has 1 aromatic heterocycles. The molecule has 0 saturated carbocycles. The molecule has 2 N–H and O–H groups in total. The van der Waals surface area contributed by atoms with Gasteiger partial charge in [0.15, 0.2) is 0 Å². The van der Waals surface area contributed by atoms with Crippen molar-refractivity contribution in [1.29, 1.82) is 0 Å². The summed E-state index contributed by atoms with van der Waals surface area (Å²) < 4.78 is 28.1. The van der Waals surface area contributed by atoms with Crippen LogP contribution in [0.2, 0.25) is 0 Å². The normalized spacial score (nSPS) is 11.5. The van der Waals surface area contributed by atoms with E-state index in [1.807, 2.05) is 38.1 Å². The molecule has 0 fully saturated rings. The molecule has 0 spiro atoms. The number of para-hydroxylation sites is 1. The molecule has 0 aliphatic rings. The Morgan fingerprint density at radius 3 is 2.30 bits per heavy atom. The highest BCUT2D eigenvalue weighted by Crippen LogP contribution is 2.30. The SMILES string of the molecule is CCN(CC)C(=O)c1[nH]c2ccccc2c1NS(=O)(=O)Cc1ccccc1. The van der Waals surface area contributed by atoms with Gasteiger partial charge in [0.25, 0.3) is 5.91 Å². The van der Waals surface area contributed by atoms with Crippen molar-refractivity contribution in [3.8, 4) is 0 Å².